The zero-order valence-electron chi connectivity index (χ0n) is 15.5. The van der Waals surface area contributed by atoms with E-state index in [-0.39, 0.29) is 16.6 Å². The average Bonchev–Trinajstić information content (AvgIpc) is 2.66. The van der Waals surface area contributed by atoms with Crippen LogP contribution in [0, 0.1) is 5.82 Å². The largest absolute Gasteiger partial charge is 0.352 e. The maximum absolute atomic E-state index is 13.5. The molecule has 0 aliphatic rings. The Labute approximate surface area is 163 Å². The van der Waals surface area contributed by atoms with E-state index in [1.165, 1.54) is 24.4 Å². The summed E-state index contributed by atoms with van der Waals surface area (Å²) in [5, 5.41) is 3.84. The second-order valence-corrected chi connectivity index (χ2v) is 8.39. The SMILES string of the molecule is CC(C)NC(=O)CN(c1ccc(F)cc1)S(=O)(=O)c1cccc2cnccc12. The van der Waals surface area contributed by atoms with E-state index in [1.807, 2.05) is 0 Å². The molecule has 0 aliphatic carbocycles. The van der Waals surface area contributed by atoms with Gasteiger partial charge >= 0.3 is 0 Å². The molecule has 6 nitrogen and oxygen atoms in total. The van der Waals surface area contributed by atoms with Gasteiger partial charge < -0.3 is 5.32 Å². The number of carbonyl (C=O) groups is 1. The number of pyridine rings is 1. The highest BCUT2D eigenvalue weighted by Crippen LogP contribution is 2.28. The highest BCUT2D eigenvalue weighted by Gasteiger charge is 2.29. The number of sulfonamides is 1. The molecule has 0 saturated heterocycles. The van der Waals surface area contributed by atoms with Crippen LogP contribution in [0.25, 0.3) is 10.8 Å². The molecular weight excluding hydrogens is 381 g/mol. The van der Waals surface area contributed by atoms with Crippen molar-refractivity contribution in [2.75, 3.05) is 10.8 Å². The fourth-order valence-electron chi connectivity index (χ4n) is 2.86. The lowest BCUT2D eigenvalue weighted by Gasteiger charge is -2.25. The van der Waals surface area contributed by atoms with Gasteiger partial charge in [0, 0.05) is 29.2 Å². The third-order valence-electron chi connectivity index (χ3n) is 4.06. The van der Waals surface area contributed by atoms with Gasteiger partial charge in [0.2, 0.25) is 5.91 Å². The minimum absolute atomic E-state index is 0.0501. The Morgan fingerprint density at radius 1 is 1.14 bits per heavy atom. The second-order valence-electron chi connectivity index (χ2n) is 6.56. The number of hydrogen-bond acceptors (Lipinski definition) is 4. The fraction of sp³-hybridized carbons (Fsp3) is 0.200. The minimum Gasteiger partial charge on any atom is -0.352 e. The van der Waals surface area contributed by atoms with Gasteiger partial charge in [0.05, 0.1) is 10.6 Å². The molecule has 1 aromatic heterocycles. The van der Waals surface area contributed by atoms with E-state index >= 15 is 0 Å². The summed E-state index contributed by atoms with van der Waals surface area (Å²) >= 11 is 0. The molecule has 3 aromatic rings. The summed E-state index contributed by atoms with van der Waals surface area (Å²) in [4.78, 5) is 16.4. The van der Waals surface area contributed by atoms with Crippen LogP contribution in [0.2, 0.25) is 0 Å². The van der Waals surface area contributed by atoms with Crippen molar-refractivity contribution in [3.63, 3.8) is 0 Å². The van der Waals surface area contributed by atoms with E-state index in [0.29, 0.717) is 10.8 Å². The standard InChI is InChI=1S/C20H20FN3O3S/c1-14(2)23-20(25)13-24(17-8-6-16(21)7-9-17)28(26,27)19-5-3-4-15-12-22-11-10-18(15)19/h3-12,14H,13H2,1-2H3,(H,23,25). The van der Waals surface area contributed by atoms with E-state index < -0.39 is 28.3 Å². The number of benzene rings is 2. The van der Waals surface area contributed by atoms with Crippen LogP contribution in [0.4, 0.5) is 10.1 Å². The average molecular weight is 401 g/mol. The van der Waals surface area contributed by atoms with Gasteiger partial charge in [-0.05, 0) is 50.2 Å². The molecule has 0 saturated carbocycles. The zero-order chi connectivity index (χ0) is 20.3. The number of fused-ring (bicyclic) bond motifs is 1. The Morgan fingerprint density at radius 2 is 1.86 bits per heavy atom. The van der Waals surface area contributed by atoms with Crippen LogP contribution in [0.1, 0.15) is 13.8 Å². The smallest absolute Gasteiger partial charge is 0.265 e. The van der Waals surface area contributed by atoms with Gasteiger partial charge in [0.25, 0.3) is 10.0 Å². The van der Waals surface area contributed by atoms with Crippen LogP contribution >= 0.6 is 0 Å². The maximum Gasteiger partial charge on any atom is 0.265 e. The molecule has 1 heterocycles. The van der Waals surface area contributed by atoms with Crippen molar-refractivity contribution in [2.45, 2.75) is 24.8 Å². The van der Waals surface area contributed by atoms with Crippen LogP contribution in [-0.4, -0.2) is 31.9 Å². The summed E-state index contributed by atoms with van der Waals surface area (Å²) < 4.78 is 41.3. The van der Waals surface area contributed by atoms with Crippen LogP contribution in [0.5, 0.6) is 0 Å². The number of halogens is 1. The van der Waals surface area contributed by atoms with Crippen LogP contribution in [0.3, 0.4) is 0 Å². The molecular formula is C20H20FN3O3S. The summed E-state index contributed by atoms with van der Waals surface area (Å²) in [7, 11) is -4.10. The lowest BCUT2D eigenvalue weighted by atomic mass is 10.2. The van der Waals surface area contributed by atoms with Crippen molar-refractivity contribution in [1.29, 1.82) is 0 Å². The second kappa shape index (κ2) is 7.93. The molecule has 0 unspecified atom stereocenters. The normalized spacial score (nSPS) is 11.6. The number of hydrogen-bond donors (Lipinski definition) is 1. The van der Waals surface area contributed by atoms with Crippen molar-refractivity contribution >= 4 is 32.4 Å². The van der Waals surface area contributed by atoms with Gasteiger partial charge in [0.1, 0.15) is 12.4 Å². The molecule has 0 atom stereocenters. The van der Waals surface area contributed by atoms with Crippen LogP contribution in [-0.2, 0) is 14.8 Å². The van der Waals surface area contributed by atoms with Gasteiger partial charge in [-0.3, -0.25) is 14.1 Å². The third kappa shape index (κ3) is 4.12. The Bertz CT molecular complexity index is 1090. The molecule has 2 aromatic carbocycles. The Balaban J connectivity index is 2.12. The van der Waals surface area contributed by atoms with Crippen LogP contribution < -0.4 is 9.62 Å². The topological polar surface area (TPSA) is 79.4 Å². The molecule has 0 radical (unpaired) electrons. The quantitative estimate of drug-likeness (QED) is 0.688. The van der Waals surface area contributed by atoms with E-state index in [1.54, 1.807) is 38.2 Å². The number of aromatic nitrogens is 1. The molecule has 0 fully saturated rings. The van der Waals surface area contributed by atoms with Crippen molar-refractivity contribution in [3.05, 3.63) is 66.7 Å². The zero-order valence-corrected chi connectivity index (χ0v) is 16.3. The molecule has 146 valence electrons. The molecule has 1 N–H and O–H groups in total. The number of nitrogens with one attached hydrogen (secondary N) is 1. The number of carbonyl (C=O) groups excluding carboxylic acids is 1. The highest BCUT2D eigenvalue weighted by atomic mass is 32.2. The minimum atomic E-state index is -4.10. The molecule has 28 heavy (non-hydrogen) atoms. The summed E-state index contributed by atoms with van der Waals surface area (Å²) in [6, 6.07) is 11.3. The first-order valence-corrected chi connectivity index (χ1v) is 10.1. The Hall–Kier alpha value is -3.00. The monoisotopic (exact) mass is 401 g/mol. The molecule has 3 rings (SSSR count). The predicted octanol–water partition coefficient (Wildman–Crippen LogP) is 3.09. The van der Waals surface area contributed by atoms with Crippen LogP contribution in [0.15, 0.2) is 65.8 Å². The Kier molecular flexibility index (Phi) is 5.60. The van der Waals surface area contributed by atoms with Crippen molar-refractivity contribution < 1.29 is 17.6 Å². The van der Waals surface area contributed by atoms with Gasteiger partial charge in [-0.25, -0.2) is 12.8 Å². The van der Waals surface area contributed by atoms with Crippen molar-refractivity contribution in [1.82, 2.24) is 10.3 Å². The molecule has 8 heteroatoms. The lowest BCUT2D eigenvalue weighted by Crippen LogP contribution is -2.43. The van der Waals surface area contributed by atoms with E-state index in [2.05, 4.69) is 10.3 Å². The number of nitrogens with zero attached hydrogens (tertiary/aromatic N) is 2. The highest BCUT2D eigenvalue weighted by molar-refractivity contribution is 7.93. The first-order valence-electron chi connectivity index (χ1n) is 8.69. The summed E-state index contributed by atoms with van der Waals surface area (Å²) in [6.45, 7) is 3.15. The van der Waals surface area contributed by atoms with Gasteiger partial charge in [-0.1, -0.05) is 12.1 Å². The maximum atomic E-state index is 13.5. The molecule has 0 spiro atoms. The summed E-state index contributed by atoms with van der Waals surface area (Å²) in [5.41, 5.74) is 0.200. The first kappa shape index (κ1) is 19.8. The van der Waals surface area contributed by atoms with E-state index in [4.69, 9.17) is 0 Å². The van der Waals surface area contributed by atoms with E-state index in [0.717, 1.165) is 16.4 Å². The predicted molar refractivity (Wildman–Crippen MR) is 106 cm³/mol. The van der Waals surface area contributed by atoms with E-state index in [9.17, 15) is 17.6 Å². The fourth-order valence-corrected chi connectivity index (χ4v) is 4.50. The molecule has 0 bridgehead atoms. The summed E-state index contributed by atoms with van der Waals surface area (Å²) in [6.07, 6.45) is 3.08. The van der Waals surface area contributed by atoms with Gasteiger partial charge in [-0.15, -0.1) is 0 Å². The Morgan fingerprint density at radius 3 is 2.54 bits per heavy atom. The number of anilines is 1. The number of rotatable bonds is 6. The third-order valence-corrected chi connectivity index (χ3v) is 5.89. The van der Waals surface area contributed by atoms with Gasteiger partial charge in [0.15, 0.2) is 0 Å². The molecule has 0 aliphatic heterocycles. The number of amides is 1. The first-order chi connectivity index (χ1) is 13.3. The van der Waals surface area contributed by atoms with Crippen molar-refractivity contribution in [3.8, 4) is 0 Å². The molecule has 1 amide bonds. The summed E-state index contributed by atoms with van der Waals surface area (Å²) in [5.74, 6) is -0.950. The lowest BCUT2D eigenvalue weighted by molar-refractivity contribution is -0.120. The van der Waals surface area contributed by atoms with Crippen molar-refractivity contribution in [2.24, 2.45) is 0 Å². The van der Waals surface area contributed by atoms with Gasteiger partial charge in [-0.2, -0.15) is 0 Å².